The molecular weight excluding hydrogens is 271 g/mol. The first kappa shape index (κ1) is 11.7. The molecule has 3 heterocycles. The van der Waals surface area contributed by atoms with E-state index in [1.165, 1.54) is 12.4 Å². The molecule has 0 amide bonds. The first-order valence-corrected chi connectivity index (χ1v) is 6.27. The first-order chi connectivity index (χ1) is 10.3. The molecule has 0 atom stereocenters. The van der Waals surface area contributed by atoms with E-state index in [9.17, 15) is 4.39 Å². The Hall–Kier alpha value is -3.09. The number of fused-ring (bicyclic) bond motifs is 1. The molecule has 0 aliphatic carbocycles. The second-order valence-corrected chi connectivity index (χ2v) is 4.49. The number of nitrogens with one attached hydrogen (secondary N) is 2. The number of imidazole rings is 1. The van der Waals surface area contributed by atoms with Crippen LogP contribution in [0, 0.1) is 5.82 Å². The molecular formula is C14H9FN6. The van der Waals surface area contributed by atoms with Crippen LogP contribution in [-0.2, 0) is 0 Å². The van der Waals surface area contributed by atoms with Crippen molar-refractivity contribution in [2.45, 2.75) is 0 Å². The topological polar surface area (TPSA) is 83.1 Å². The van der Waals surface area contributed by atoms with E-state index >= 15 is 0 Å². The zero-order chi connectivity index (χ0) is 14.2. The number of nitrogens with zero attached hydrogens (tertiary/aromatic N) is 4. The van der Waals surface area contributed by atoms with Gasteiger partial charge in [0.1, 0.15) is 23.7 Å². The summed E-state index contributed by atoms with van der Waals surface area (Å²) >= 11 is 0. The van der Waals surface area contributed by atoms with Gasteiger partial charge in [-0.3, -0.25) is 10.1 Å². The van der Waals surface area contributed by atoms with Crippen molar-refractivity contribution >= 4 is 11.0 Å². The summed E-state index contributed by atoms with van der Waals surface area (Å²) in [5.41, 5.74) is 2.48. The molecule has 0 radical (unpaired) electrons. The van der Waals surface area contributed by atoms with Crippen molar-refractivity contribution in [1.29, 1.82) is 0 Å². The van der Waals surface area contributed by atoms with E-state index in [2.05, 4.69) is 30.1 Å². The molecule has 3 aromatic heterocycles. The van der Waals surface area contributed by atoms with E-state index in [1.54, 1.807) is 30.5 Å². The van der Waals surface area contributed by atoms with Crippen molar-refractivity contribution in [3.05, 3.63) is 48.7 Å². The number of halogens is 1. The number of rotatable bonds is 2. The van der Waals surface area contributed by atoms with Gasteiger partial charge in [-0.2, -0.15) is 5.10 Å². The van der Waals surface area contributed by atoms with Crippen LogP contribution in [0.5, 0.6) is 0 Å². The van der Waals surface area contributed by atoms with Crippen LogP contribution < -0.4 is 0 Å². The van der Waals surface area contributed by atoms with Gasteiger partial charge in [-0.15, -0.1) is 0 Å². The maximum absolute atomic E-state index is 13.8. The Balaban J connectivity index is 1.85. The number of aromatic amines is 2. The Labute approximate surface area is 118 Å². The average molecular weight is 280 g/mol. The lowest BCUT2D eigenvalue weighted by molar-refractivity contribution is 0.630. The number of pyridine rings is 1. The van der Waals surface area contributed by atoms with Crippen LogP contribution in [0.4, 0.5) is 4.39 Å². The predicted octanol–water partition coefficient (Wildman–Crippen LogP) is 2.55. The summed E-state index contributed by atoms with van der Waals surface area (Å²) in [6, 6.07) is 8.27. The molecule has 0 bridgehead atoms. The smallest absolute Gasteiger partial charge is 0.174 e. The molecule has 0 aliphatic heterocycles. The van der Waals surface area contributed by atoms with Gasteiger partial charge in [-0.05, 0) is 18.2 Å². The van der Waals surface area contributed by atoms with Gasteiger partial charge >= 0.3 is 0 Å². The molecule has 4 aromatic rings. The highest BCUT2D eigenvalue weighted by atomic mass is 19.1. The van der Waals surface area contributed by atoms with Crippen molar-refractivity contribution in [3.8, 4) is 22.9 Å². The standard InChI is InChI=1S/C14H9FN6/c15-9-4-2-1-3-8(9)13-19-10-5-11(14-17-7-18-21-14)16-6-12(10)20-13/h1-7H,(H,19,20)(H,17,18,21). The number of H-pyrrole nitrogens is 2. The van der Waals surface area contributed by atoms with E-state index in [1.807, 2.05) is 0 Å². The monoisotopic (exact) mass is 280 g/mol. The second kappa shape index (κ2) is 4.48. The summed E-state index contributed by atoms with van der Waals surface area (Å²) in [5, 5.41) is 6.53. The van der Waals surface area contributed by atoms with Crippen LogP contribution in [0.2, 0.25) is 0 Å². The van der Waals surface area contributed by atoms with E-state index in [0.29, 0.717) is 28.4 Å². The average Bonchev–Trinajstić information content (AvgIpc) is 3.16. The number of hydrogen-bond acceptors (Lipinski definition) is 4. The van der Waals surface area contributed by atoms with Crippen LogP contribution in [0.1, 0.15) is 0 Å². The van der Waals surface area contributed by atoms with Gasteiger partial charge in [0.15, 0.2) is 5.82 Å². The quantitative estimate of drug-likeness (QED) is 0.591. The van der Waals surface area contributed by atoms with Crippen molar-refractivity contribution in [1.82, 2.24) is 30.1 Å². The Kier molecular flexibility index (Phi) is 2.50. The molecule has 0 unspecified atom stereocenters. The van der Waals surface area contributed by atoms with Crippen molar-refractivity contribution in [2.24, 2.45) is 0 Å². The summed E-state index contributed by atoms with van der Waals surface area (Å²) < 4.78 is 13.8. The van der Waals surface area contributed by atoms with E-state index in [4.69, 9.17) is 0 Å². The first-order valence-electron chi connectivity index (χ1n) is 6.27. The fraction of sp³-hybridized carbons (Fsp3) is 0. The van der Waals surface area contributed by atoms with Crippen molar-refractivity contribution < 1.29 is 4.39 Å². The Bertz CT molecular complexity index is 912. The zero-order valence-electron chi connectivity index (χ0n) is 10.7. The summed E-state index contributed by atoms with van der Waals surface area (Å²) in [6.45, 7) is 0. The van der Waals surface area contributed by atoms with Gasteiger partial charge in [0.25, 0.3) is 0 Å². The van der Waals surface area contributed by atoms with Crippen LogP contribution in [-0.4, -0.2) is 30.1 Å². The second-order valence-electron chi connectivity index (χ2n) is 4.49. The molecule has 0 saturated heterocycles. The number of aromatic nitrogens is 6. The summed E-state index contributed by atoms with van der Waals surface area (Å²) in [4.78, 5) is 15.8. The molecule has 0 saturated carbocycles. The molecule has 1 aromatic carbocycles. The minimum atomic E-state index is -0.319. The normalized spacial score (nSPS) is 11.1. The Morgan fingerprint density at radius 3 is 2.76 bits per heavy atom. The van der Waals surface area contributed by atoms with Gasteiger partial charge in [0.2, 0.25) is 0 Å². The lowest BCUT2D eigenvalue weighted by atomic mass is 10.2. The van der Waals surface area contributed by atoms with Crippen LogP contribution >= 0.6 is 0 Å². The van der Waals surface area contributed by atoms with E-state index in [0.717, 1.165) is 5.52 Å². The molecule has 2 N–H and O–H groups in total. The SMILES string of the molecule is Fc1ccccc1-c1nc2cc(-c3ncn[nH]3)ncc2[nH]1. The lowest BCUT2D eigenvalue weighted by Gasteiger charge is -1.96. The molecule has 21 heavy (non-hydrogen) atoms. The van der Waals surface area contributed by atoms with Crippen molar-refractivity contribution in [3.63, 3.8) is 0 Å². The third-order valence-corrected chi connectivity index (χ3v) is 3.15. The molecule has 102 valence electrons. The molecule has 0 aliphatic rings. The fourth-order valence-electron chi connectivity index (χ4n) is 2.15. The molecule has 0 fully saturated rings. The van der Waals surface area contributed by atoms with Crippen LogP contribution in [0.15, 0.2) is 42.9 Å². The zero-order valence-corrected chi connectivity index (χ0v) is 10.7. The van der Waals surface area contributed by atoms with E-state index in [-0.39, 0.29) is 5.82 Å². The van der Waals surface area contributed by atoms with Gasteiger partial charge in [-0.1, -0.05) is 12.1 Å². The third-order valence-electron chi connectivity index (χ3n) is 3.15. The van der Waals surface area contributed by atoms with Gasteiger partial charge < -0.3 is 4.98 Å². The number of hydrogen-bond donors (Lipinski definition) is 2. The Morgan fingerprint density at radius 2 is 1.95 bits per heavy atom. The molecule has 7 heteroatoms. The summed E-state index contributed by atoms with van der Waals surface area (Å²) in [5.74, 6) is 0.715. The summed E-state index contributed by atoms with van der Waals surface area (Å²) in [6.07, 6.45) is 3.06. The van der Waals surface area contributed by atoms with Gasteiger partial charge in [0.05, 0.1) is 22.8 Å². The maximum Gasteiger partial charge on any atom is 0.174 e. The summed E-state index contributed by atoms with van der Waals surface area (Å²) in [7, 11) is 0. The van der Waals surface area contributed by atoms with Crippen LogP contribution in [0.3, 0.4) is 0 Å². The largest absolute Gasteiger partial charge is 0.337 e. The Morgan fingerprint density at radius 1 is 1.05 bits per heavy atom. The van der Waals surface area contributed by atoms with Gasteiger partial charge in [-0.25, -0.2) is 14.4 Å². The minimum absolute atomic E-state index is 0.319. The highest BCUT2D eigenvalue weighted by molar-refractivity contribution is 5.81. The fourth-order valence-corrected chi connectivity index (χ4v) is 2.15. The molecule has 4 rings (SSSR count). The van der Waals surface area contributed by atoms with E-state index < -0.39 is 0 Å². The van der Waals surface area contributed by atoms with Crippen molar-refractivity contribution in [2.75, 3.05) is 0 Å². The molecule has 6 nitrogen and oxygen atoms in total. The van der Waals surface area contributed by atoms with Gasteiger partial charge in [0, 0.05) is 0 Å². The third kappa shape index (κ3) is 1.95. The minimum Gasteiger partial charge on any atom is -0.337 e. The number of benzene rings is 1. The van der Waals surface area contributed by atoms with Crippen LogP contribution in [0.25, 0.3) is 33.9 Å². The molecule has 0 spiro atoms. The lowest BCUT2D eigenvalue weighted by Crippen LogP contribution is -1.85. The highest BCUT2D eigenvalue weighted by Gasteiger charge is 2.11. The maximum atomic E-state index is 13.8. The highest BCUT2D eigenvalue weighted by Crippen LogP contribution is 2.24. The predicted molar refractivity (Wildman–Crippen MR) is 74.7 cm³/mol.